The molecular weight excluding hydrogens is 457 g/mol. The van der Waals surface area contributed by atoms with E-state index < -0.39 is 0 Å². The SMILES string of the molecule is Cc1ccc(C2=C(c3ccc(O[C@H]4CCN(CCCF)C4)cc3)c3cc[c]cc3CCC2)c(Cl)c1. The summed E-state index contributed by atoms with van der Waals surface area (Å²) in [5.74, 6) is 0.886. The molecule has 1 aliphatic carbocycles. The molecule has 1 aliphatic heterocycles. The number of halogens is 2. The third-order valence-corrected chi connectivity index (χ3v) is 7.44. The fourth-order valence-corrected chi connectivity index (χ4v) is 5.74. The molecule has 0 bridgehead atoms. The first-order chi connectivity index (χ1) is 17.1. The largest absolute Gasteiger partial charge is 0.489 e. The van der Waals surface area contributed by atoms with Crippen LogP contribution in [-0.4, -0.2) is 37.3 Å². The van der Waals surface area contributed by atoms with Crippen LogP contribution in [0, 0.1) is 13.0 Å². The summed E-state index contributed by atoms with van der Waals surface area (Å²) in [6.07, 6.45) is 4.83. The normalized spacial score (nSPS) is 18.4. The van der Waals surface area contributed by atoms with Crippen LogP contribution < -0.4 is 4.74 Å². The monoisotopic (exact) mass is 488 g/mol. The summed E-state index contributed by atoms with van der Waals surface area (Å²) in [5, 5.41) is 0.807. The molecule has 1 heterocycles. The molecule has 0 unspecified atom stereocenters. The summed E-state index contributed by atoms with van der Waals surface area (Å²) in [6, 6.07) is 24.5. The molecule has 4 heteroatoms. The van der Waals surface area contributed by atoms with E-state index >= 15 is 0 Å². The second-order valence-electron chi connectivity index (χ2n) is 9.67. The predicted octanol–water partition coefficient (Wildman–Crippen LogP) is 7.56. The van der Waals surface area contributed by atoms with E-state index in [4.69, 9.17) is 16.3 Å². The van der Waals surface area contributed by atoms with Gasteiger partial charge >= 0.3 is 0 Å². The molecule has 5 rings (SSSR count). The lowest BCUT2D eigenvalue weighted by atomic mass is 9.87. The fraction of sp³-hybridized carbons (Fsp3) is 0.355. The van der Waals surface area contributed by atoms with E-state index in [0.29, 0.717) is 6.42 Å². The van der Waals surface area contributed by atoms with E-state index in [-0.39, 0.29) is 12.8 Å². The Balaban J connectivity index is 1.47. The topological polar surface area (TPSA) is 12.5 Å². The third kappa shape index (κ3) is 5.47. The van der Waals surface area contributed by atoms with E-state index in [2.05, 4.69) is 72.5 Å². The molecule has 1 fully saturated rings. The molecule has 3 aromatic rings. The van der Waals surface area contributed by atoms with Crippen LogP contribution in [0.25, 0.3) is 11.1 Å². The van der Waals surface area contributed by atoms with Crippen LogP contribution >= 0.6 is 11.6 Å². The first kappa shape index (κ1) is 24.1. The zero-order valence-corrected chi connectivity index (χ0v) is 21.1. The van der Waals surface area contributed by atoms with E-state index in [9.17, 15) is 4.39 Å². The maximum absolute atomic E-state index is 12.5. The number of alkyl halides is 1. The summed E-state index contributed by atoms with van der Waals surface area (Å²) in [6.45, 7) is 4.48. The molecule has 2 aliphatic rings. The first-order valence-electron chi connectivity index (χ1n) is 12.7. The van der Waals surface area contributed by atoms with Gasteiger partial charge in [0.05, 0.1) is 6.67 Å². The molecule has 181 valence electrons. The van der Waals surface area contributed by atoms with Crippen molar-refractivity contribution < 1.29 is 9.13 Å². The minimum absolute atomic E-state index is 0.163. The molecule has 0 amide bonds. The van der Waals surface area contributed by atoms with E-state index in [1.807, 2.05) is 6.07 Å². The Morgan fingerprint density at radius 1 is 1.09 bits per heavy atom. The highest BCUT2D eigenvalue weighted by Gasteiger charge is 2.24. The standard InChI is InChI=1S/C31H32ClFNO/c1-22-10-15-28(30(32)20-22)29-9-4-7-23-6-2-3-8-27(23)31(29)24-11-13-25(14-12-24)35-26-16-19-34(21-26)18-5-17-33/h3,6,8,10-15,20,26H,4-5,7,9,16-19,21H2,1H3/t26-/m0/s1. The Hall–Kier alpha value is -2.62. The van der Waals surface area contributed by atoms with Gasteiger partial charge in [-0.25, -0.2) is 0 Å². The van der Waals surface area contributed by atoms with Gasteiger partial charge in [0.25, 0.3) is 0 Å². The van der Waals surface area contributed by atoms with Crippen LogP contribution in [-0.2, 0) is 6.42 Å². The van der Waals surface area contributed by atoms with Gasteiger partial charge in [0.2, 0.25) is 0 Å². The Bertz CT molecular complexity index is 1200. The highest BCUT2D eigenvalue weighted by molar-refractivity contribution is 6.32. The molecular formula is C31H32ClFNO. The fourth-order valence-electron chi connectivity index (χ4n) is 5.40. The molecule has 1 atom stereocenters. The van der Waals surface area contributed by atoms with E-state index in [0.717, 1.165) is 61.7 Å². The third-order valence-electron chi connectivity index (χ3n) is 7.13. The number of fused-ring (bicyclic) bond motifs is 1. The summed E-state index contributed by atoms with van der Waals surface area (Å²) in [5.41, 5.74) is 8.61. The smallest absolute Gasteiger partial charge is 0.119 e. The van der Waals surface area contributed by atoms with Crippen LogP contribution in [0.1, 0.15) is 53.5 Å². The Morgan fingerprint density at radius 3 is 2.74 bits per heavy atom. The van der Waals surface area contributed by atoms with Crippen molar-refractivity contribution >= 4 is 22.7 Å². The quantitative estimate of drug-likeness (QED) is 0.340. The number of benzene rings is 3. The zero-order chi connectivity index (χ0) is 24.2. The first-order valence-corrected chi connectivity index (χ1v) is 13.0. The molecule has 1 saturated heterocycles. The zero-order valence-electron chi connectivity index (χ0n) is 20.3. The molecule has 1 radical (unpaired) electrons. The lowest BCUT2D eigenvalue weighted by Crippen LogP contribution is -2.26. The number of allylic oxidation sites excluding steroid dienone is 1. The van der Waals surface area contributed by atoms with E-state index in [1.165, 1.54) is 33.4 Å². The number of rotatable bonds is 7. The van der Waals surface area contributed by atoms with E-state index in [1.54, 1.807) is 0 Å². The summed E-state index contributed by atoms with van der Waals surface area (Å²) in [4.78, 5) is 2.29. The Labute approximate surface area is 213 Å². The summed E-state index contributed by atoms with van der Waals surface area (Å²) >= 11 is 6.77. The van der Waals surface area contributed by atoms with Crippen molar-refractivity contribution in [3.05, 3.63) is 99.6 Å². The van der Waals surface area contributed by atoms with Crippen molar-refractivity contribution in [2.75, 3.05) is 26.3 Å². The van der Waals surface area contributed by atoms with Crippen LogP contribution in [0.5, 0.6) is 5.75 Å². The minimum atomic E-state index is -0.254. The van der Waals surface area contributed by atoms with Gasteiger partial charge < -0.3 is 4.74 Å². The maximum atomic E-state index is 12.5. The molecule has 2 nitrogen and oxygen atoms in total. The van der Waals surface area contributed by atoms with Crippen molar-refractivity contribution in [1.82, 2.24) is 4.90 Å². The van der Waals surface area contributed by atoms with Gasteiger partial charge in [-0.05, 0) is 102 Å². The van der Waals surface area contributed by atoms with Crippen LogP contribution in [0.15, 0.2) is 60.7 Å². The average Bonchev–Trinajstić information content (AvgIpc) is 3.22. The van der Waals surface area contributed by atoms with Gasteiger partial charge in [0.1, 0.15) is 11.9 Å². The lowest BCUT2D eigenvalue weighted by Gasteiger charge is -2.19. The second-order valence-corrected chi connectivity index (χ2v) is 10.1. The summed E-state index contributed by atoms with van der Waals surface area (Å²) < 4.78 is 18.8. The molecule has 0 N–H and O–H groups in total. The Kier molecular flexibility index (Phi) is 7.55. The number of ether oxygens (including phenoxy) is 1. The molecule has 0 spiro atoms. The maximum Gasteiger partial charge on any atom is 0.119 e. The lowest BCUT2D eigenvalue weighted by molar-refractivity contribution is 0.198. The van der Waals surface area contributed by atoms with Gasteiger partial charge in [0.15, 0.2) is 0 Å². The Morgan fingerprint density at radius 2 is 1.94 bits per heavy atom. The molecule has 0 aromatic heterocycles. The number of hydrogen-bond donors (Lipinski definition) is 0. The van der Waals surface area contributed by atoms with Gasteiger partial charge in [0, 0.05) is 24.7 Å². The average molecular weight is 489 g/mol. The van der Waals surface area contributed by atoms with Gasteiger partial charge in [-0.3, -0.25) is 9.29 Å². The van der Waals surface area contributed by atoms with Crippen molar-refractivity contribution in [3.8, 4) is 5.75 Å². The van der Waals surface area contributed by atoms with Crippen molar-refractivity contribution in [1.29, 1.82) is 0 Å². The predicted molar refractivity (Wildman–Crippen MR) is 143 cm³/mol. The van der Waals surface area contributed by atoms with Gasteiger partial charge in [-0.1, -0.05) is 54.1 Å². The molecule has 0 saturated carbocycles. The highest BCUT2D eigenvalue weighted by Crippen LogP contribution is 2.42. The van der Waals surface area contributed by atoms with Crippen LogP contribution in [0.2, 0.25) is 5.02 Å². The minimum Gasteiger partial charge on any atom is -0.489 e. The number of nitrogens with zero attached hydrogens (tertiary/aromatic N) is 1. The van der Waals surface area contributed by atoms with Crippen molar-refractivity contribution in [2.24, 2.45) is 0 Å². The van der Waals surface area contributed by atoms with Crippen LogP contribution in [0.4, 0.5) is 4.39 Å². The molecule has 35 heavy (non-hydrogen) atoms. The number of hydrogen-bond acceptors (Lipinski definition) is 2. The number of aryl methyl sites for hydroxylation is 2. The second kappa shape index (κ2) is 11.0. The van der Waals surface area contributed by atoms with Crippen molar-refractivity contribution in [3.63, 3.8) is 0 Å². The summed E-state index contributed by atoms with van der Waals surface area (Å²) in [7, 11) is 0. The van der Waals surface area contributed by atoms with Gasteiger partial charge in [-0.2, -0.15) is 0 Å². The van der Waals surface area contributed by atoms with Crippen LogP contribution in [0.3, 0.4) is 0 Å². The molecule has 3 aromatic carbocycles. The highest BCUT2D eigenvalue weighted by atomic mass is 35.5. The van der Waals surface area contributed by atoms with Crippen molar-refractivity contribution in [2.45, 2.75) is 45.1 Å². The number of likely N-dealkylation sites (tertiary alicyclic amines) is 1. The van der Waals surface area contributed by atoms with Gasteiger partial charge in [-0.15, -0.1) is 0 Å².